The number of amides is 1. The fourth-order valence-corrected chi connectivity index (χ4v) is 1.92. The van der Waals surface area contributed by atoms with Gasteiger partial charge < -0.3 is 5.32 Å². The number of rotatable bonds is 3. The molecule has 3 aromatic rings. The lowest BCUT2D eigenvalue weighted by Crippen LogP contribution is -2.23. The first kappa shape index (κ1) is 12.3. The van der Waals surface area contributed by atoms with Gasteiger partial charge in [0.05, 0.1) is 17.8 Å². The number of aromatic nitrogens is 3. The summed E-state index contributed by atoms with van der Waals surface area (Å²) < 4.78 is 13.2. The topological polar surface area (TPSA) is 70.7 Å². The lowest BCUT2D eigenvalue weighted by atomic mass is 10.2. The molecule has 6 heteroatoms. The first-order chi connectivity index (χ1) is 9.74. The van der Waals surface area contributed by atoms with Crippen LogP contribution in [0.15, 0.2) is 42.6 Å². The van der Waals surface area contributed by atoms with Crippen molar-refractivity contribution in [3.63, 3.8) is 0 Å². The maximum Gasteiger partial charge on any atom is 0.272 e. The zero-order valence-corrected chi connectivity index (χ0v) is 10.4. The molecule has 0 aliphatic carbocycles. The highest BCUT2D eigenvalue weighted by Crippen LogP contribution is 2.17. The molecule has 2 N–H and O–H groups in total. The van der Waals surface area contributed by atoms with Gasteiger partial charge in [0, 0.05) is 11.6 Å². The van der Waals surface area contributed by atoms with Crippen molar-refractivity contribution in [2.45, 2.75) is 6.54 Å². The van der Waals surface area contributed by atoms with Crippen molar-refractivity contribution in [3.05, 3.63) is 59.8 Å². The van der Waals surface area contributed by atoms with Gasteiger partial charge in [0.1, 0.15) is 5.82 Å². The third-order valence-corrected chi connectivity index (χ3v) is 2.90. The van der Waals surface area contributed by atoms with Crippen LogP contribution in [0.25, 0.3) is 10.9 Å². The molecule has 0 saturated carbocycles. The minimum Gasteiger partial charge on any atom is -0.345 e. The van der Waals surface area contributed by atoms with Crippen LogP contribution in [-0.4, -0.2) is 21.1 Å². The minimum absolute atomic E-state index is 0.176. The molecule has 2 aromatic heterocycles. The number of hydrogen-bond donors (Lipinski definition) is 2. The Morgan fingerprint density at radius 2 is 2.20 bits per heavy atom. The van der Waals surface area contributed by atoms with E-state index in [0.717, 1.165) is 5.69 Å². The highest BCUT2D eigenvalue weighted by Gasteiger charge is 2.14. The van der Waals surface area contributed by atoms with Gasteiger partial charge in [-0.1, -0.05) is 6.07 Å². The molecular weight excluding hydrogens is 259 g/mol. The third kappa shape index (κ3) is 2.35. The van der Waals surface area contributed by atoms with Crippen LogP contribution in [0, 0.1) is 5.82 Å². The third-order valence-electron chi connectivity index (χ3n) is 2.90. The number of pyridine rings is 1. The lowest BCUT2D eigenvalue weighted by molar-refractivity contribution is 0.0947. The van der Waals surface area contributed by atoms with Crippen LogP contribution in [0.5, 0.6) is 0 Å². The summed E-state index contributed by atoms with van der Waals surface area (Å²) in [4.78, 5) is 16.2. The largest absolute Gasteiger partial charge is 0.345 e. The van der Waals surface area contributed by atoms with E-state index >= 15 is 0 Å². The summed E-state index contributed by atoms with van der Waals surface area (Å²) in [5.41, 5.74) is 1.54. The number of nitrogens with one attached hydrogen (secondary N) is 2. The summed E-state index contributed by atoms with van der Waals surface area (Å²) in [5.74, 6) is -0.773. The molecule has 5 nitrogen and oxygen atoms in total. The van der Waals surface area contributed by atoms with E-state index in [0.29, 0.717) is 17.4 Å². The monoisotopic (exact) mass is 270 g/mol. The van der Waals surface area contributed by atoms with Gasteiger partial charge >= 0.3 is 0 Å². The number of carbonyl (C=O) groups excluding carboxylic acids is 1. The molecule has 0 radical (unpaired) electrons. The average molecular weight is 270 g/mol. The minimum atomic E-state index is -0.405. The maximum absolute atomic E-state index is 13.2. The van der Waals surface area contributed by atoms with Crippen LogP contribution in [0.4, 0.5) is 4.39 Å². The molecule has 0 unspecified atom stereocenters. The Hall–Kier alpha value is -2.76. The average Bonchev–Trinajstić information content (AvgIpc) is 2.89. The molecule has 0 aliphatic heterocycles. The van der Waals surface area contributed by atoms with Crippen LogP contribution >= 0.6 is 0 Å². The second-order valence-corrected chi connectivity index (χ2v) is 4.27. The number of benzene rings is 1. The van der Waals surface area contributed by atoms with Gasteiger partial charge in [-0.25, -0.2) is 4.39 Å². The second-order valence-electron chi connectivity index (χ2n) is 4.27. The van der Waals surface area contributed by atoms with Gasteiger partial charge in [0.2, 0.25) is 0 Å². The van der Waals surface area contributed by atoms with E-state index in [9.17, 15) is 9.18 Å². The number of carbonyl (C=O) groups is 1. The predicted molar refractivity (Wildman–Crippen MR) is 71.5 cm³/mol. The van der Waals surface area contributed by atoms with Crippen molar-refractivity contribution >= 4 is 16.8 Å². The molecule has 0 aliphatic rings. The summed E-state index contributed by atoms with van der Waals surface area (Å²) in [5, 5.41) is 9.79. The standard InChI is InChI=1S/C14H11FN4O/c15-9-4-5-12-11(7-9)13(19-18-12)14(20)17-8-10-3-1-2-6-16-10/h1-7H,8H2,(H,17,20)(H,18,19). The zero-order valence-electron chi connectivity index (χ0n) is 10.4. The Bertz CT molecular complexity index is 754. The number of fused-ring (bicyclic) bond motifs is 1. The van der Waals surface area contributed by atoms with Crippen molar-refractivity contribution in [2.75, 3.05) is 0 Å². The molecule has 0 spiro atoms. The lowest BCUT2D eigenvalue weighted by Gasteiger charge is -2.02. The Balaban J connectivity index is 1.80. The van der Waals surface area contributed by atoms with Gasteiger partial charge in [0.15, 0.2) is 5.69 Å². The van der Waals surface area contributed by atoms with Crippen molar-refractivity contribution < 1.29 is 9.18 Å². The van der Waals surface area contributed by atoms with Crippen molar-refractivity contribution in [2.24, 2.45) is 0 Å². The number of H-pyrrole nitrogens is 1. The first-order valence-corrected chi connectivity index (χ1v) is 6.06. The first-order valence-electron chi connectivity index (χ1n) is 6.06. The second kappa shape index (κ2) is 5.08. The van der Waals surface area contributed by atoms with E-state index in [-0.39, 0.29) is 11.6 Å². The number of aromatic amines is 1. The van der Waals surface area contributed by atoms with E-state index in [1.807, 2.05) is 12.1 Å². The Kier molecular flexibility index (Phi) is 3.12. The van der Waals surface area contributed by atoms with Gasteiger partial charge in [0.25, 0.3) is 5.91 Å². The molecule has 3 rings (SSSR count). The van der Waals surface area contributed by atoms with E-state index in [2.05, 4.69) is 20.5 Å². The summed E-state index contributed by atoms with van der Waals surface area (Å²) in [6.07, 6.45) is 1.65. The van der Waals surface area contributed by atoms with Crippen molar-refractivity contribution in [1.29, 1.82) is 0 Å². The maximum atomic E-state index is 13.2. The van der Waals surface area contributed by atoms with E-state index in [1.165, 1.54) is 12.1 Å². The molecule has 0 saturated heterocycles. The molecule has 1 amide bonds. The van der Waals surface area contributed by atoms with Gasteiger partial charge in [-0.05, 0) is 30.3 Å². The van der Waals surface area contributed by atoms with Crippen LogP contribution in [0.1, 0.15) is 16.2 Å². The fraction of sp³-hybridized carbons (Fsp3) is 0.0714. The predicted octanol–water partition coefficient (Wildman–Crippen LogP) is 2.03. The van der Waals surface area contributed by atoms with Crippen molar-refractivity contribution in [1.82, 2.24) is 20.5 Å². The van der Waals surface area contributed by atoms with Gasteiger partial charge in [-0.2, -0.15) is 5.10 Å². The summed E-state index contributed by atoms with van der Waals surface area (Å²) in [7, 11) is 0. The fourth-order valence-electron chi connectivity index (χ4n) is 1.92. The molecule has 1 aromatic carbocycles. The normalized spacial score (nSPS) is 10.7. The Morgan fingerprint density at radius 1 is 1.30 bits per heavy atom. The number of hydrogen-bond acceptors (Lipinski definition) is 3. The quantitative estimate of drug-likeness (QED) is 0.765. The Labute approximate surface area is 113 Å². The number of halogens is 1. The van der Waals surface area contributed by atoms with E-state index < -0.39 is 5.82 Å². The molecular formula is C14H11FN4O. The Morgan fingerprint density at radius 3 is 3.00 bits per heavy atom. The van der Waals surface area contributed by atoms with Crippen LogP contribution in [0.3, 0.4) is 0 Å². The summed E-state index contributed by atoms with van der Waals surface area (Å²) >= 11 is 0. The van der Waals surface area contributed by atoms with Gasteiger partial charge in [-0.3, -0.25) is 14.9 Å². The smallest absolute Gasteiger partial charge is 0.272 e. The van der Waals surface area contributed by atoms with Crippen LogP contribution in [-0.2, 0) is 6.54 Å². The molecule has 0 bridgehead atoms. The van der Waals surface area contributed by atoms with Crippen molar-refractivity contribution in [3.8, 4) is 0 Å². The van der Waals surface area contributed by atoms with Gasteiger partial charge in [-0.15, -0.1) is 0 Å². The molecule has 100 valence electrons. The number of nitrogens with zero attached hydrogens (tertiary/aromatic N) is 2. The van der Waals surface area contributed by atoms with Crippen LogP contribution in [0.2, 0.25) is 0 Å². The SMILES string of the molecule is O=C(NCc1ccccn1)c1n[nH]c2ccc(F)cc12. The van der Waals surface area contributed by atoms with E-state index in [4.69, 9.17) is 0 Å². The molecule has 20 heavy (non-hydrogen) atoms. The summed E-state index contributed by atoms with van der Waals surface area (Å²) in [6, 6.07) is 9.60. The van der Waals surface area contributed by atoms with E-state index in [1.54, 1.807) is 18.3 Å². The molecule has 2 heterocycles. The molecule has 0 atom stereocenters. The molecule has 0 fully saturated rings. The van der Waals surface area contributed by atoms with Crippen LogP contribution < -0.4 is 5.32 Å². The highest BCUT2D eigenvalue weighted by atomic mass is 19.1. The summed E-state index contributed by atoms with van der Waals surface area (Å²) in [6.45, 7) is 0.295. The zero-order chi connectivity index (χ0) is 13.9. The highest BCUT2D eigenvalue weighted by molar-refractivity contribution is 6.04.